The average molecular weight is 277 g/mol. The van der Waals surface area contributed by atoms with Crippen LogP contribution < -0.4 is 10.6 Å². The molecule has 0 radical (unpaired) electrons. The quantitative estimate of drug-likeness (QED) is 0.864. The minimum atomic E-state index is -0.270. The first kappa shape index (κ1) is 13.4. The van der Waals surface area contributed by atoms with Gasteiger partial charge < -0.3 is 15.5 Å². The number of amides is 2. The van der Waals surface area contributed by atoms with E-state index in [0.717, 1.165) is 25.2 Å². The number of nitrogens with one attached hydrogen (secondary N) is 2. The zero-order chi connectivity index (χ0) is 13.9. The number of halogens is 1. The lowest BCUT2D eigenvalue weighted by atomic mass is 9.94. The summed E-state index contributed by atoms with van der Waals surface area (Å²) in [6, 6.07) is 6.72. The van der Waals surface area contributed by atoms with Crippen LogP contribution in [0.25, 0.3) is 0 Å². The SMILES string of the molecule is O=C(NCc1cccc(F)c1)N1C[C@H]2CCCN[C@H]2C1. The number of nitrogens with zero attached hydrogens (tertiary/aromatic N) is 1. The van der Waals surface area contributed by atoms with Gasteiger partial charge in [0.15, 0.2) is 0 Å². The second kappa shape index (κ2) is 5.79. The Kier molecular flexibility index (Phi) is 3.87. The summed E-state index contributed by atoms with van der Waals surface area (Å²) >= 11 is 0. The van der Waals surface area contributed by atoms with E-state index in [1.54, 1.807) is 6.07 Å². The third-order valence-corrected chi connectivity index (χ3v) is 4.22. The van der Waals surface area contributed by atoms with Crippen LogP contribution in [0, 0.1) is 11.7 Å². The highest BCUT2D eigenvalue weighted by Crippen LogP contribution is 2.24. The molecule has 2 aliphatic rings. The fraction of sp³-hybridized carbons (Fsp3) is 0.533. The van der Waals surface area contributed by atoms with Crippen LogP contribution in [0.3, 0.4) is 0 Å². The molecule has 0 bridgehead atoms. The second-order valence-corrected chi connectivity index (χ2v) is 5.66. The standard InChI is InChI=1S/C15H20FN3O/c16-13-5-1-3-11(7-13)8-18-15(20)19-9-12-4-2-6-17-14(12)10-19/h1,3,5,7,12,14,17H,2,4,6,8-10H2,(H,18,20)/t12-,14+/m1/s1. The summed E-state index contributed by atoms with van der Waals surface area (Å²) in [6.45, 7) is 3.03. The van der Waals surface area contributed by atoms with E-state index >= 15 is 0 Å². The molecule has 2 atom stereocenters. The third kappa shape index (κ3) is 2.93. The zero-order valence-corrected chi connectivity index (χ0v) is 11.4. The molecule has 3 rings (SSSR count). The number of piperidine rings is 1. The van der Waals surface area contributed by atoms with Crippen LogP contribution in [0.5, 0.6) is 0 Å². The molecule has 1 aromatic carbocycles. The molecule has 0 spiro atoms. The lowest BCUT2D eigenvalue weighted by Crippen LogP contribution is -2.42. The Morgan fingerprint density at radius 1 is 1.45 bits per heavy atom. The molecule has 0 unspecified atom stereocenters. The first-order chi connectivity index (χ1) is 9.72. The van der Waals surface area contributed by atoms with Crippen molar-refractivity contribution in [2.45, 2.75) is 25.4 Å². The summed E-state index contributed by atoms with van der Waals surface area (Å²) in [7, 11) is 0. The van der Waals surface area contributed by atoms with E-state index in [1.807, 2.05) is 11.0 Å². The molecule has 0 aliphatic carbocycles. The molecule has 1 aromatic rings. The number of hydrogen-bond donors (Lipinski definition) is 2. The summed E-state index contributed by atoms with van der Waals surface area (Å²) in [5.74, 6) is 0.316. The molecule has 5 heteroatoms. The molecule has 0 saturated carbocycles. The van der Waals surface area contributed by atoms with Gasteiger partial charge in [0.25, 0.3) is 0 Å². The molecule has 2 saturated heterocycles. The predicted molar refractivity (Wildman–Crippen MR) is 74.7 cm³/mol. The van der Waals surface area contributed by atoms with Gasteiger partial charge in [0.2, 0.25) is 0 Å². The summed E-state index contributed by atoms with van der Waals surface area (Å²) < 4.78 is 13.1. The van der Waals surface area contributed by atoms with Crippen LogP contribution in [0.2, 0.25) is 0 Å². The van der Waals surface area contributed by atoms with E-state index in [1.165, 1.54) is 25.0 Å². The van der Waals surface area contributed by atoms with Gasteiger partial charge in [-0.3, -0.25) is 0 Å². The van der Waals surface area contributed by atoms with Crippen LogP contribution >= 0.6 is 0 Å². The smallest absolute Gasteiger partial charge is 0.317 e. The van der Waals surface area contributed by atoms with E-state index in [9.17, 15) is 9.18 Å². The largest absolute Gasteiger partial charge is 0.334 e. The number of hydrogen-bond acceptors (Lipinski definition) is 2. The van der Waals surface area contributed by atoms with Crippen molar-refractivity contribution in [3.05, 3.63) is 35.6 Å². The van der Waals surface area contributed by atoms with E-state index in [4.69, 9.17) is 0 Å². The molecule has 108 valence electrons. The van der Waals surface area contributed by atoms with Gasteiger partial charge in [-0.05, 0) is 43.0 Å². The van der Waals surface area contributed by atoms with Gasteiger partial charge >= 0.3 is 6.03 Å². The van der Waals surface area contributed by atoms with Crippen LogP contribution in [0.4, 0.5) is 9.18 Å². The van der Waals surface area contributed by atoms with Crippen LogP contribution in [0.1, 0.15) is 18.4 Å². The first-order valence-corrected chi connectivity index (χ1v) is 7.23. The summed E-state index contributed by atoms with van der Waals surface area (Å²) in [6.07, 6.45) is 2.39. The Hall–Kier alpha value is -1.62. The van der Waals surface area contributed by atoms with Crippen molar-refractivity contribution in [2.75, 3.05) is 19.6 Å². The maximum Gasteiger partial charge on any atom is 0.317 e. The van der Waals surface area contributed by atoms with Crippen molar-refractivity contribution >= 4 is 6.03 Å². The molecule has 2 amide bonds. The van der Waals surface area contributed by atoms with Gasteiger partial charge in [0.05, 0.1) is 0 Å². The summed E-state index contributed by atoms with van der Waals surface area (Å²) in [5, 5.41) is 6.35. The minimum Gasteiger partial charge on any atom is -0.334 e. The molecule has 0 aromatic heterocycles. The van der Waals surface area contributed by atoms with E-state index in [0.29, 0.717) is 18.5 Å². The van der Waals surface area contributed by atoms with Crippen molar-refractivity contribution in [3.63, 3.8) is 0 Å². The highest BCUT2D eigenvalue weighted by atomic mass is 19.1. The van der Waals surface area contributed by atoms with Crippen molar-refractivity contribution in [1.29, 1.82) is 0 Å². The second-order valence-electron chi connectivity index (χ2n) is 5.66. The number of urea groups is 1. The van der Waals surface area contributed by atoms with Crippen molar-refractivity contribution in [3.8, 4) is 0 Å². The number of rotatable bonds is 2. The summed E-state index contributed by atoms with van der Waals surface area (Å²) in [5.41, 5.74) is 0.785. The molecule has 2 heterocycles. The Morgan fingerprint density at radius 3 is 3.15 bits per heavy atom. The van der Waals surface area contributed by atoms with Crippen molar-refractivity contribution in [1.82, 2.24) is 15.5 Å². The number of carbonyl (C=O) groups is 1. The predicted octanol–water partition coefficient (Wildman–Crippen LogP) is 1.72. The van der Waals surface area contributed by atoms with Gasteiger partial charge in [0, 0.05) is 25.7 Å². The Labute approximate surface area is 118 Å². The van der Waals surface area contributed by atoms with Crippen LogP contribution in [-0.2, 0) is 6.54 Å². The van der Waals surface area contributed by atoms with E-state index < -0.39 is 0 Å². The van der Waals surface area contributed by atoms with Crippen LogP contribution in [0.15, 0.2) is 24.3 Å². The fourth-order valence-electron chi connectivity index (χ4n) is 3.15. The Morgan fingerprint density at radius 2 is 2.35 bits per heavy atom. The van der Waals surface area contributed by atoms with Crippen molar-refractivity contribution < 1.29 is 9.18 Å². The monoisotopic (exact) mass is 277 g/mol. The van der Waals surface area contributed by atoms with Gasteiger partial charge in [-0.1, -0.05) is 12.1 Å². The van der Waals surface area contributed by atoms with Crippen LogP contribution in [-0.4, -0.2) is 36.6 Å². The maximum atomic E-state index is 13.1. The van der Waals surface area contributed by atoms with E-state index in [-0.39, 0.29) is 11.8 Å². The van der Waals surface area contributed by atoms with Gasteiger partial charge in [-0.25, -0.2) is 9.18 Å². The van der Waals surface area contributed by atoms with Gasteiger partial charge in [-0.2, -0.15) is 0 Å². The van der Waals surface area contributed by atoms with Gasteiger partial charge in [0.1, 0.15) is 5.82 Å². The highest BCUT2D eigenvalue weighted by Gasteiger charge is 2.36. The number of likely N-dealkylation sites (tertiary alicyclic amines) is 1. The topological polar surface area (TPSA) is 44.4 Å². The molecular formula is C15H20FN3O. The van der Waals surface area contributed by atoms with E-state index in [2.05, 4.69) is 10.6 Å². The zero-order valence-electron chi connectivity index (χ0n) is 11.4. The Bertz CT molecular complexity index is 480. The van der Waals surface area contributed by atoms with Crippen molar-refractivity contribution in [2.24, 2.45) is 5.92 Å². The number of benzene rings is 1. The minimum absolute atomic E-state index is 0.0505. The fourth-order valence-corrected chi connectivity index (χ4v) is 3.15. The molecule has 20 heavy (non-hydrogen) atoms. The molecule has 2 N–H and O–H groups in total. The van der Waals surface area contributed by atoms with Gasteiger partial charge in [-0.15, -0.1) is 0 Å². The Balaban J connectivity index is 1.52. The molecule has 4 nitrogen and oxygen atoms in total. The number of carbonyl (C=O) groups excluding carboxylic acids is 1. The summed E-state index contributed by atoms with van der Waals surface area (Å²) in [4.78, 5) is 14.0. The molecular weight excluding hydrogens is 257 g/mol. The highest BCUT2D eigenvalue weighted by molar-refractivity contribution is 5.74. The lowest BCUT2D eigenvalue weighted by Gasteiger charge is -2.24. The third-order valence-electron chi connectivity index (χ3n) is 4.22. The lowest BCUT2D eigenvalue weighted by molar-refractivity contribution is 0.206. The first-order valence-electron chi connectivity index (χ1n) is 7.23. The average Bonchev–Trinajstić information content (AvgIpc) is 2.89. The maximum absolute atomic E-state index is 13.1. The molecule has 2 fully saturated rings. The molecule has 2 aliphatic heterocycles. The normalized spacial score (nSPS) is 25.4. The number of fused-ring (bicyclic) bond motifs is 1.